The summed E-state index contributed by atoms with van der Waals surface area (Å²) in [6.45, 7) is 6.68. The van der Waals surface area contributed by atoms with E-state index in [1.54, 1.807) is 4.68 Å². The van der Waals surface area contributed by atoms with Crippen LogP contribution in [0.3, 0.4) is 0 Å². The Bertz CT molecular complexity index is 533. The van der Waals surface area contributed by atoms with Gasteiger partial charge >= 0.3 is 5.97 Å². The van der Waals surface area contributed by atoms with E-state index in [1.807, 2.05) is 25.7 Å². The number of rotatable bonds is 3. The quantitative estimate of drug-likeness (QED) is 0.807. The highest BCUT2D eigenvalue weighted by atomic mass is 16.5. The average Bonchev–Trinajstić information content (AvgIpc) is 3.00. The molecule has 1 aliphatic heterocycles. The van der Waals surface area contributed by atoms with Crippen LogP contribution in [0.2, 0.25) is 0 Å². The lowest BCUT2D eigenvalue weighted by molar-refractivity contribution is 0.0602. The molecule has 21 heavy (non-hydrogen) atoms. The van der Waals surface area contributed by atoms with Crippen molar-refractivity contribution in [2.24, 2.45) is 0 Å². The predicted molar refractivity (Wildman–Crippen MR) is 80.4 cm³/mol. The van der Waals surface area contributed by atoms with Gasteiger partial charge in [0, 0.05) is 6.54 Å². The van der Waals surface area contributed by atoms with Gasteiger partial charge in [-0.05, 0) is 33.6 Å². The molecule has 1 aromatic rings. The maximum atomic E-state index is 12.1. The Hall–Kier alpha value is -1.76. The number of aliphatic hydroxyl groups is 1. The molecule has 1 aromatic heterocycles. The molecular weight excluding hydrogens is 272 g/mol. The number of esters is 1. The van der Waals surface area contributed by atoms with Crippen LogP contribution in [-0.4, -0.2) is 47.2 Å². The maximum Gasteiger partial charge on any atom is 0.345 e. The molecule has 7 heteroatoms. The van der Waals surface area contributed by atoms with Gasteiger partial charge in [0.25, 0.3) is 0 Å². The first-order chi connectivity index (χ1) is 9.81. The van der Waals surface area contributed by atoms with Crippen molar-refractivity contribution in [3.8, 4) is 0 Å². The van der Waals surface area contributed by atoms with Gasteiger partial charge in [0.1, 0.15) is 11.4 Å². The summed E-state index contributed by atoms with van der Waals surface area (Å²) in [5, 5.41) is 14.0. The lowest BCUT2D eigenvalue weighted by Crippen LogP contribution is -2.34. The van der Waals surface area contributed by atoms with Crippen molar-refractivity contribution < 1.29 is 14.6 Å². The molecule has 0 aliphatic carbocycles. The van der Waals surface area contributed by atoms with Crippen molar-refractivity contribution in [3.05, 3.63) is 5.56 Å². The predicted octanol–water partition coefficient (Wildman–Crippen LogP) is 0.968. The number of nitrogen functional groups attached to an aromatic ring is 1. The van der Waals surface area contributed by atoms with Crippen molar-refractivity contribution in [3.63, 3.8) is 0 Å². The second kappa shape index (κ2) is 5.55. The molecule has 1 fully saturated rings. The number of nitrogens with two attached hydrogens (primary N) is 1. The fourth-order valence-corrected chi connectivity index (χ4v) is 2.73. The van der Waals surface area contributed by atoms with E-state index in [-0.39, 0.29) is 23.8 Å². The molecule has 3 N–H and O–H groups in total. The third-order valence-electron chi connectivity index (χ3n) is 3.79. The van der Waals surface area contributed by atoms with Crippen LogP contribution in [0.5, 0.6) is 0 Å². The Morgan fingerprint density at radius 1 is 1.52 bits per heavy atom. The Morgan fingerprint density at radius 3 is 2.71 bits per heavy atom. The number of carbonyl (C=O) groups is 1. The zero-order valence-corrected chi connectivity index (χ0v) is 13.1. The number of carbonyl (C=O) groups excluding carboxylic acids is 1. The third-order valence-corrected chi connectivity index (χ3v) is 3.79. The fraction of sp³-hybridized carbons (Fsp3) is 0.714. The van der Waals surface area contributed by atoms with Crippen LogP contribution in [-0.2, 0) is 10.3 Å². The van der Waals surface area contributed by atoms with Gasteiger partial charge in [-0.1, -0.05) is 0 Å². The summed E-state index contributed by atoms with van der Waals surface area (Å²) in [4.78, 5) is 14.1. The molecule has 2 rings (SSSR count). The topological polar surface area (TPSA) is 93.6 Å². The van der Waals surface area contributed by atoms with Crippen LogP contribution in [0.1, 0.15) is 44.0 Å². The molecule has 7 nitrogen and oxygen atoms in total. The van der Waals surface area contributed by atoms with Crippen LogP contribution in [0.15, 0.2) is 0 Å². The minimum atomic E-state index is -0.499. The van der Waals surface area contributed by atoms with Crippen LogP contribution in [0.4, 0.5) is 11.6 Å². The molecule has 2 heterocycles. The first-order valence-electron chi connectivity index (χ1n) is 7.16. The molecule has 0 bridgehead atoms. The number of hydrogen-bond donors (Lipinski definition) is 2. The summed E-state index contributed by atoms with van der Waals surface area (Å²) >= 11 is 0. The summed E-state index contributed by atoms with van der Waals surface area (Å²) in [7, 11) is 1.33. The molecule has 0 amide bonds. The average molecular weight is 296 g/mol. The molecular formula is C14H24N4O3. The van der Waals surface area contributed by atoms with Crippen molar-refractivity contribution in [2.45, 2.75) is 45.2 Å². The Balaban J connectivity index is 2.56. The number of methoxy groups -OCH3 is 1. The van der Waals surface area contributed by atoms with Crippen molar-refractivity contribution in [1.29, 1.82) is 0 Å². The first-order valence-corrected chi connectivity index (χ1v) is 7.16. The van der Waals surface area contributed by atoms with E-state index in [1.165, 1.54) is 7.11 Å². The minimum absolute atomic E-state index is 0.0307. The van der Waals surface area contributed by atoms with Crippen molar-refractivity contribution in [1.82, 2.24) is 9.78 Å². The summed E-state index contributed by atoms with van der Waals surface area (Å²) in [6, 6.07) is -0.0314. The van der Waals surface area contributed by atoms with E-state index in [0.717, 1.165) is 19.4 Å². The highest BCUT2D eigenvalue weighted by molar-refractivity contribution is 6.00. The largest absolute Gasteiger partial charge is 0.465 e. The number of hydrogen-bond acceptors (Lipinski definition) is 6. The summed E-state index contributed by atoms with van der Waals surface area (Å²) in [6.07, 6.45) is 1.83. The fourth-order valence-electron chi connectivity index (χ4n) is 2.73. The van der Waals surface area contributed by atoms with Crippen molar-refractivity contribution in [2.75, 3.05) is 30.9 Å². The Morgan fingerprint density at radius 2 is 2.19 bits per heavy atom. The summed E-state index contributed by atoms with van der Waals surface area (Å²) in [5.74, 6) is 0.306. The summed E-state index contributed by atoms with van der Waals surface area (Å²) < 4.78 is 6.49. The number of nitrogens with zero attached hydrogens (tertiary/aromatic N) is 3. The van der Waals surface area contributed by atoms with Gasteiger partial charge < -0.3 is 20.5 Å². The second-order valence-electron chi connectivity index (χ2n) is 6.33. The molecule has 0 saturated carbocycles. The molecule has 0 aromatic carbocycles. The SMILES string of the molecule is COC(=O)c1c(N2CCCC2CO)nn(C(C)(C)C)c1N. The molecule has 1 aliphatic rings. The molecule has 0 spiro atoms. The maximum absolute atomic E-state index is 12.1. The number of aliphatic hydroxyl groups excluding tert-OH is 1. The van der Waals surface area contributed by atoms with Crippen molar-refractivity contribution >= 4 is 17.6 Å². The lowest BCUT2D eigenvalue weighted by atomic mass is 10.1. The monoisotopic (exact) mass is 296 g/mol. The zero-order chi connectivity index (χ0) is 15.8. The first kappa shape index (κ1) is 15.6. The number of anilines is 2. The van der Waals surface area contributed by atoms with Gasteiger partial charge in [0.2, 0.25) is 0 Å². The van der Waals surface area contributed by atoms with E-state index in [4.69, 9.17) is 10.5 Å². The smallest absolute Gasteiger partial charge is 0.345 e. The van der Waals surface area contributed by atoms with E-state index < -0.39 is 5.97 Å². The van der Waals surface area contributed by atoms with Gasteiger partial charge in [-0.2, -0.15) is 5.10 Å². The molecule has 1 atom stereocenters. The van der Waals surface area contributed by atoms with E-state index in [2.05, 4.69) is 5.10 Å². The normalized spacial score (nSPS) is 19.1. The highest BCUT2D eigenvalue weighted by Crippen LogP contribution is 2.34. The molecule has 0 radical (unpaired) electrons. The zero-order valence-electron chi connectivity index (χ0n) is 13.1. The van der Waals surface area contributed by atoms with Crippen LogP contribution < -0.4 is 10.6 Å². The summed E-state index contributed by atoms with van der Waals surface area (Å²) in [5.41, 5.74) is 6.07. The number of aromatic nitrogens is 2. The second-order valence-corrected chi connectivity index (χ2v) is 6.33. The highest BCUT2D eigenvalue weighted by Gasteiger charge is 2.34. The van der Waals surface area contributed by atoms with Gasteiger partial charge in [0.05, 0.1) is 25.3 Å². The minimum Gasteiger partial charge on any atom is -0.465 e. The van der Waals surface area contributed by atoms with E-state index in [0.29, 0.717) is 11.6 Å². The van der Waals surface area contributed by atoms with Gasteiger partial charge in [-0.25, -0.2) is 9.48 Å². The van der Waals surface area contributed by atoms with Gasteiger partial charge in [-0.15, -0.1) is 0 Å². The van der Waals surface area contributed by atoms with Crippen LogP contribution in [0, 0.1) is 0 Å². The standard InChI is InChI=1S/C14H24N4O3/c1-14(2,3)18-11(15)10(13(20)21-4)12(16-18)17-7-5-6-9(17)8-19/h9,19H,5-8,15H2,1-4H3. The molecule has 1 saturated heterocycles. The Kier molecular flexibility index (Phi) is 4.13. The third kappa shape index (κ3) is 2.70. The van der Waals surface area contributed by atoms with Crippen LogP contribution >= 0.6 is 0 Å². The molecule has 118 valence electrons. The lowest BCUT2D eigenvalue weighted by Gasteiger charge is -2.24. The van der Waals surface area contributed by atoms with Gasteiger partial charge in [0.15, 0.2) is 5.82 Å². The Labute approximate surface area is 124 Å². The number of ether oxygens (including phenoxy) is 1. The van der Waals surface area contributed by atoms with E-state index in [9.17, 15) is 9.90 Å². The van der Waals surface area contributed by atoms with Crippen LogP contribution in [0.25, 0.3) is 0 Å². The van der Waals surface area contributed by atoms with E-state index >= 15 is 0 Å². The van der Waals surface area contributed by atoms with Gasteiger partial charge in [-0.3, -0.25) is 0 Å². The molecule has 1 unspecified atom stereocenters.